The molecular formula is C22H15F3N8O2. The number of H-pyrrole nitrogens is 1. The summed E-state index contributed by atoms with van der Waals surface area (Å²) in [7, 11) is 0. The molecule has 0 saturated carbocycles. The fourth-order valence-corrected chi connectivity index (χ4v) is 4.22. The molecule has 35 heavy (non-hydrogen) atoms. The van der Waals surface area contributed by atoms with E-state index < -0.39 is 23.8 Å². The molecule has 1 N–H and O–H groups in total. The van der Waals surface area contributed by atoms with Crippen LogP contribution in [0.15, 0.2) is 59.5 Å². The van der Waals surface area contributed by atoms with Crippen molar-refractivity contribution in [1.82, 2.24) is 39.7 Å². The Hall–Kier alpha value is -4.55. The largest absolute Gasteiger partial charge is 0.433 e. The number of rotatable bonds is 3. The molecule has 13 heteroatoms. The molecule has 1 amide bonds. The van der Waals surface area contributed by atoms with Crippen molar-refractivity contribution in [2.24, 2.45) is 0 Å². The standard InChI is InChI=1S/C22H15F3N8O2/c23-22(24,25)16-5-1-4-13-9-15(31-33(13)16)18-17-14(27-11-28-17)6-8-32(18)21(34)20-30-29-19(35-20)12-3-2-7-26-10-12/h1-5,7,9-11,18H,6,8H2,(H,27,28)/t18-/m0/s1. The van der Waals surface area contributed by atoms with Crippen LogP contribution in [0.25, 0.3) is 17.0 Å². The lowest BCUT2D eigenvalue weighted by Crippen LogP contribution is -2.41. The first-order chi connectivity index (χ1) is 16.9. The monoisotopic (exact) mass is 480 g/mol. The maximum atomic E-state index is 13.6. The summed E-state index contributed by atoms with van der Waals surface area (Å²) in [6.45, 7) is 0.239. The van der Waals surface area contributed by atoms with Gasteiger partial charge in [-0.15, -0.1) is 10.2 Å². The first-order valence-electron chi connectivity index (χ1n) is 10.5. The van der Waals surface area contributed by atoms with Crippen LogP contribution in [0.2, 0.25) is 0 Å². The summed E-state index contributed by atoms with van der Waals surface area (Å²) in [6, 6.07) is 7.84. The Bertz CT molecular complexity index is 1540. The molecular weight excluding hydrogens is 465 g/mol. The van der Waals surface area contributed by atoms with E-state index in [2.05, 4.69) is 30.2 Å². The molecule has 0 saturated heterocycles. The minimum Gasteiger partial charge on any atom is -0.412 e. The molecule has 1 aliphatic heterocycles. The van der Waals surface area contributed by atoms with Gasteiger partial charge >= 0.3 is 18.0 Å². The average molecular weight is 480 g/mol. The number of alkyl halides is 3. The second-order valence-electron chi connectivity index (χ2n) is 7.89. The highest BCUT2D eigenvalue weighted by molar-refractivity contribution is 5.90. The zero-order valence-corrected chi connectivity index (χ0v) is 17.8. The van der Waals surface area contributed by atoms with Gasteiger partial charge in [0.05, 0.1) is 28.8 Å². The Labute approximate surface area is 194 Å². The van der Waals surface area contributed by atoms with E-state index in [1.165, 1.54) is 35.6 Å². The lowest BCUT2D eigenvalue weighted by Gasteiger charge is -2.32. The summed E-state index contributed by atoms with van der Waals surface area (Å²) in [4.78, 5) is 26.3. The second-order valence-corrected chi connectivity index (χ2v) is 7.89. The number of hydrogen-bond acceptors (Lipinski definition) is 7. The summed E-state index contributed by atoms with van der Waals surface area (Å²) >= 11 is 0. The number of carbonyl (C=O) groups is 1. The molecule has 0 aromatic carbocycles. The van der Waals surface area contributed by atoms with Gasteiger partial charge < -0.3 is 14.3 Å². The molecule has 0 bridgehead atoms. The van der Waals surface area contributed by atoms with E-state index >= 15 is 0 Å². The first-order valence-corrected chi connectivity index (χ1v) is 10.5. The van der Waals surface area contributed by atoms with Gasteiger partial charge in [0.2, 0.25) is 5.89 Å². The SMILES string of the molecule is O=C(c1nnc(-c2cccnc2)o1)N1CCc2[nH]cnc2[C@@H]1c1cc2cccc(C(F)(F)F)n2n1. The summed E-state index contributed by atoms with van der Waals surface area (Å²) in [5.41, 5.74) is 1.36. The highest BCUT2D eigenvalue weighted by Crippen LogP contribution is 2.36. The lowest BCUT2D eigenvalue weighted by atomic mass is 9.99. The van der Waals surface area contributed by atoms with Crippen LogP contribution in [0.4, 0.5) is 13.2 Å². The Morgan fingerprint density at radius 3 is 2.86 bits per heavy atom. The quantitative estimate of drug-likeness (QED) is 0.421. The van der Waals surface area contributed by atoms with Crippen LogP contribution in [0.1, 0.15) is 39.5 Å². The number of aromatic nitrogens is 7. The predicted octanol–water partition coefficient (Wildman–Crippen LogP) is 3.31. The summed E-state index contributed by atoms with van der Waals surface area (Å²) in [5, 5.41) is 12.1. The van der Waals surface area contributed by atoms with Gasteiger partial charge in [-0.05, 0) is 30.3 Å². The summed E-state index contributed by atoms with van der Waals surface area (Å²) < 4.78 is 47.1. The lowest BCUT2D eigenvalue weighted by molar-refractivity contribution is -0.142. The minimum absolute atomic E-state index is 0.123. The Kier molecular flexibility index (Phi) is 4.65. The van der Waals surface area contributed by atoms with Gasteiger partial charge in [0, 0.05) is 31.1 Å². The molecule has 0 aliphatic carbocycles. The number of hydrogen-bond donors (Lipinski definition) is 1. The number of nitrogens with one attached hydrogen (secondary N) is 1. The van der Waals surface area contributed by atoms with Crippen LogP contribution in [-0.4, -0.2) is 52.1 Å². The third kappa shape index (κ3) is 3.52. The Morgan fingerprint density at radius 2 is 2.06 bits per heavy atom. The minimum atomic E-state index is -4.60. The van der Waals surface area contributed by atoms with Crippen LogP contribution in [0.5, 0.6) is 0 Å². The summed E-state index contributed by atoms with van der Waals surface area (Å²) in [5.74, 6) is -0.718. The molecule has 0 spiro atoms. The number of amides is 1. The van der Waals surface area contributed by atoms with E-state index in [0.29, 0.717) is 17.7 Å². The predicted molar refractivity (Wildman–Crippen MR) is 113 cm³/mol. The number of halogens is 3. The number of carbonyl (C=O) groups excluding carboxylic acids is 1. The highest BCUT2D eigenvalue weighted by Gasteiger charge is 2.39. The van der Waals surface area contributed by atoms with E-state index in [-0.39, 0.29) is 29.5 Å². The van der Waals surface area contributed by atoms with Crippen molar-refractivity contribution >= 4 is 11.4 Å². The van der Waals surface area contributed by atoms with Crippen molar-refractivity contribution in [3.05, 3.63) is 83.8 Å². The van der Waals surface area contributed by atoms with Crippen LogP contribution >= 0.6 is 0 Å². The average Bonchev–Trinajstić information content (AvgIpc) is 3.61. The van der Waals surface area contributed by atoms with Crippen molar-refractivity contribution in [2.75, 3.05) is 6.54 Å². The molecule has 1 aliphatic rings. The second kappa shape index (κ2) is 7.75. The van der Waals surface area contributed by atoms with E-state index in [4.69, 9.17) is 4.42 Å². The molecule has 1 atom stereocenters. The maximum absolute atomic E-state index is 13.6. The van der Waals surface area contributed by atoms with Gasteiger partial charge in [0.15, 0.2) is 0 Å². The van der Waals surface area contributed by atoms with E-state index in [0.717, 1.165) is 16.3 Å². The Morgan fingerprint density at radius 1 is 1.17 bits per heavy atom. The van der Waals surface area contributed by atoms with Crippen molar-refractivity contribution in [1.29, 1.82) is 0 Å². The molecule has 176 valence electrons. The van der Waals surface area contributed by atoms with Gasteiger partial charge in [-0.25, -0.2) is 9.50 Å². The molecule has 0 fully saturated rings. The van der Waals surface area contributed by atoms with Gasteiger partial charge in [-0.2, -0.15) is 18.3 Å². The van der Waals surface area contributed by atoms with Crippen molar-refractivity contribution in [2.45, 2.75) is 18.6 Å². The van der Waals surface area contributed by atoms with Gasteiger partial charge in [-0.1, -0.05) is 6.07 Å². The number of pyridine rings is 2. The third-order valence-electron chi connectivity index (χ3n) is 5.78. The van der Waals surface area contributed by atoms with Crippen molar-refractivity contribution in [3.8, 4) is 11.5 Å². The van der Waals surface area contributed by atoms with Gasteiger partial charge in [0.25, 0.3) is 0 Å². The maximum Gasteiger partial charge on any atom is 0.433 e. The van der Waals surface area contributed by atoms with E-state index in [1.807, 2.05) is 0 Å². The smallest absolute Gasteiger partial charge is 0.412 e. The fraction of sp³-hybridized carbons (Fsp3) is 0.182. The van der Waals surface area contributed by atoms with Crippen molar-refractivity contribution in [3.63, 3.8) is 0 Å². The number of imidazole rings is 1. The van der Waals surface area contributed by atoms with Crippen LogP contribution in [0, 0.1) is 0 Å². The van der Waals surface area contributed by atoms with Crippen LogP contribution < -0.4 is 0 Å². The van der Waals surface area contributed by atoms with Gasteiger partial charge in [-0.3, -0.25) is 9.78 Å². The zero-order valence-electron chi connectivity index (χ0n) is 17.8. The number of nitrogens with zero attached hydrogens (tertiary/aromatic N) is 7. The first kappa shape index (κ1) is 21.0. The molecule has 5 aromatic rings. The number of aromatic amines is 1. The zero-order chi connectivity index (χ0) is 24.2. The van der Waals surface area contributed by atoms with E-state index in [1.54, 1.807) is 18.3 Å². The molecule has 6 rings (SSSR count). The molecule has 5 aromatic heterocycles. The van der Waals surface area contributed by atoms with Crippen LogP contribution in [-0.2, 0) is 12.6 Å². The van der Waals surface area contributed by atoms with Crippen LogP contribution in [0.3, 0.4) is 0 Å². The molecule has 0 radical (unpaired) electrons. The highest BCUT2D eigenvalue weighted by atomic mass is 19.4. The fourth-order valence-electron chi connectivity index (χ4n) is 4.22. The summed E-state index contributed by atoms with van der Waals surface area (Å²) in [6.07, 6.45) is 0.452. The van der Waals surface area contributed by atoms with Crippen molar-refractivity contribution < 1.29 is 22.4 Å². The topological polar surface area (TPSA) is 118 Å². The third-order valence-corrected chi connectivity index (χ3v) is 5.78. The van der Waals surface area contributed by atoms with Gasteiger partial charge in [0.1, 0.15) is 11.7 Å². The normalized spacial score (nSPS) is 16.0. The molecule has 0 unspecified atom stereocenters. The number of fused-ring (bicyclic) bond motifs is 2. The Balaban J connectivity index is 1.42. The van der Waals surface area contributed by atoms with E-state index in [9.17, 15) is 18.0 Å². The molecule has 10 nitrogen and oxygen atoms in total. The molecule has 6 heterocycles.